The van der Waals surface area contributed by atoms with Crippen molar-refractivity contribution in [1.29, 1.82) is 0 Å². The summed E-state index contributed by atoms with van der Waals surface area (Å²) in [6.45, 7) is 6.66. The summed E-state index contributed by atoms with van der Waals surface area (Å²) in [5.74, 6) is 0. The van der Waals surface area contributed by atoms with E-state index in [1.165, 1.54) is 0 Å². The van der Waals surface area contributed by atoms with E-state index in [4.69, 9.17) is 8.85 Å². The second kappa shape index (κ2) is 5.28. The fraction of sp³-hybridized carbons (Fsp3) is 0.833. The van der Waals surface area contributed by atoms with E-state index in [1.54, 1.807) is 6.55 Å². The van der Waals surface area contributed by atoms with Gasteiger partial charge in [0.1, 0.15) is 0 Å². The van der Waals surface area contributed by atoms with E-state index in [0.717, 1.165) is 0 Å². The van der Waals surface area contributed by atoms with E-state index >= 15 is 0 Å². The molecule has 11 heavy (non-hydrogen) atoms. The lowest BCUT2D eigenvalue weighted by Gasteiger charge is -2.23. The third-order valence-corrected chi connectivity index (χ3v) is 3.48. The van der Waals surface area contributed by atoms with Crippen LogP contribution in [0.25, 0.3) is 0 Å². The van der Waals surface area contributed by atoms with Crippen LogP contribution in [0, 0.1) is 0 Å². The highest BCUT2D eigenvalue weighted by Gasteiger charge is 2.30. The van der Waals surface area contributed by atoms with Gasteiger partial charge in [-0.1, -0.05) is 0 Å². The molecule has 0 aliphatic rings. The van der Waals surface area contributed by atoms with E-state index in [-0.39, 0.29) is 0 Å². The smallest absolute Gasteiger partial charge is 0.379 e. The molecule has 0 aliphatic heterocycles. The second-order valence-corrected chi connectivity index (χ2v) is 4.83. The molecule has 0 unspecified atom stereocenters. The topological polar surface area (TPSA) is 47.6 Å². The first-order valence-corrected chi connectivity index (χ1v) is 5.99. The Kier molecular flexibility index (Phi) is 5.09. The van der Waals surface area contributed by atoms with E-state index in [9.17, 15) is 4.79 Å². The van der Waals surface area contributed by atoms with Gasteiger partial charge in [0.25, 0.3) is 0 Å². The lowest BCUT2D eigenvalue weighted by molar-refractivity contribution is -0.108. The van der Waals surface area contributed by atoms with E-state index in [1.807, 2.05) is 13.8 Å². The first-order valence-electron chi connectivity index (χ1n) is 3.67. The summed E-state index contributed by atoms with van der Waals surface area (Å²) in [5.41, 5.74) is 0. The summed E-state index contributed by atoms with van der Waals surface area (Å²) in [6.07, 6.45) is 0.623. The van der Waals surface area contributed by atoms with Gasteiger partial charge in [-0.15, -0.1) is 0 Å². The Bertz CT molecular complexity index is 114. The van der Waals surface area contributed by atoms with Crippen LogP contribution in [0.5, 0.6) is 0 Å². The van der Waals surface area contributed by atoms with Crippen molar-refractivity contribution in [2.24, 2.45) is 0 Å². The van der Waals surface area contributed by atoms with Gasteiger partial charge in [0, 0.05) is 13.2 Å². The lowest BCUT2D eigenvalue weighted by Crippen LogP contribution is -2.53. The van der Waals surface area contributed by atoms with Crippen molar-refractivity contribution >= 4 is 15.1 Å². The Morgan fingerprint density at radius 2 is 1.82 bits per heavy atom. The van der Waals surface area contributed by atoms with Crippen LogP contribution < -0.4 is 4.98 Å². The minimum atomic E-state index is -2.37. The predicted molar refractivity (Wildman–Crippen MR) is 44.1 cm³/mol. The maximum Gasteiger partial charge on any atom is 0.455 e. The van der Waals surface area contributed by atoms with Gasteiger partial charge in [-0.3, -0.25) is 4.79 Å². The molecule has 0 saturated heterocycles. The normalized spacial score (nSPS) is 11.2. The molecule has 0 atom stereocenters. The van der Waals surface area contributed by atoms with Gasteiger partial charge >= 0.3 is 8.72 Å². The van der Waals surface area contributed by atoms with Crippen molar-refractivity contribution in [2.45, 2.75) is 20.4 Å². The number of nitrogens with one attached hydrogen (secondary N) is 1. The third kappa shape index (κ3) is 4.13. The largest absolute Gasteiger partial charge is 0.455 e. The van der Waals surface area contributed by atoms with Gasteiger partial charge in [-0.05, 0) is 20.4 Å². The molecule has 0 spiro atoms. The maximum absolute atomic E-state index is 10.1. The predicted octanol–water partition coefficient (Wildman–Crippen LogP) is 0.374. The highest BCUT2D eigenvalue weighted by Crippen LogP contribution is 2.00. The number of amides is 1. The molecule has 0 aromatic heterocycles. The van der Waals surface area contributed by atoms with Crippen molar-refractivity contribution in [3.05, 3.63) is 0 Å². The zero-order valence-corrected chi connectivity index (χ0v) is 8.22. The Morgan fingerprint density at radius 3 is 2.09 bits per heavy atom. The van der Waals surface area contributed by atoms with Crippen molar-refractivity contribution < 1.29 is 13.6 Å². The van der Waals surface area contributed by atoms with Gasteiger partial charge in [-0.2, -0.15) is 0 Å². The average molecular weight is 177 g/mol. The fourth-order valence-corrected chi connectivity index (χ4v) is 2.35. The monoisotopic (exact) mass is 177 g/mol. The van der Waals surface area contributed by atoms with Crippen LogP contribution in [0.3, 0.4) is 0 Å². The molecule has 0 aromatic carbocycles. The summed E-state index contributed by atoms with van der Waals surface area (Å²) in [5, 5.41) is 0. The zero-order valence-electron chi connectivity index (χ0n) is 7.22. The first kappa shape index (κ1) is 10.6. The molecule has 0 aromatic rings. The zero-order chi connectivity index (χ0) is 8.74. The number of rotatable bonds is 6. The maximum atomic E-state index is 10.1. The molecular formula is C6H15NO3Si. The molecule has 5 heteroatoms. The van der Waals surface area contributed by atoms with E-state index in [2.05, 4.69) is 4.98 Å². The Hall–Kier alpha value is -0.393. The van der Waals surface area contributed by atoms with Gasteiger partial charge in [-0.25, -0.2) is 0 Å². The molecule has 0 rings (SSSR count). The number of hydrogen-bond donors (Lipinski definition) is 1. The van der Waals surface area contributed by atoms with Crippen LogP contribution in [0.15, 0.2) is 0 Å². The SMILES string of the molecule is CCO[Si](C)(NC=O)OCC. The van der Waals surface area contributed by atoms with Crippen molar-refractivity contribution in [2.75, 3.05) is 13.2 Å². The van der Waals surface area contributed by atoms with Gasteiger partial charge < -0.3 is 13.8 Å². The molecule has 4 nitrogen and oxygen atoms in total. The summed E-state index contributed by atoms with van der Waals surface area (Å²) in [7, 11) is -2.37. The number of carbonyl (C=O) groups excluding carboxylic acids is 1. The number of carbonyl (C=O) groups is 1. The van der Waals surface area contributed by atoms with E-state index in [0.29, 0.717) is 19.6 Å². The quantitative estimate of drug-likeness (QED) is 0.471. The lowest BCUT2D eigenvalue weighted by atomic mass is 10.9. The first-order chi connectivity index (χ1) is 5.18. The molecule has 0 fully saturated rings. The van der Waals surface area contributed by atoms with Crippen LogP contribution in [0.2, 0.25) is 6.55 Å². The molecular weight excluding hydrogens is 162 g/mol. The molecule has 0 heterocycles. The molecule has 0 bridgehead atoms. The highest BCUT2D eigenvalue weighted by atomic mass is 28.4. The van der Waals surface area contributed by atoms with Gasteiger partial charge in [0.15, 0.2) is 0 Å². The van der Waals surface area contributed by atoms with Crippen molar-refractivity contribution in [3.8, 4) is 0 Å². The van der Waals surface area contributed by atoms with Gasteiger partial charge in [0.05, 0.1) is 0 Å². The third-order valence-electron chi connectivity index (χ3n) is 1.16. The van der Waals surface area contributed by atoms with Crippen LogP contribution >= 0.6 is 0 Å². The molecule has 0 saturated carbocycles. The summed E-state index contributed by atoms with van der Waals surface area (Å²) < 4.78 is 10.6. The Morgan fingerprint density at radius 1 is 1.36 bits per heavy atom. The minimum absolute atomic E-state index is 0.559. The Balaban J connectivity index is 3.88. The van der Waals surface area contributed by atoms with Gasteiger partial charge in [0.2, 0.25) is 6.41 Å². The van der Waals surface area contributed by atoms with Crippen LogP contribution in [-0.4, -0.2) is 28.3 Å². The molecule has 0 aliphatic carbocycles. The molecule has 0 radical (unpaired) electrons. The molecule has 66 valence electrons. The Labute approximate surface area is 68.2 Å². The van der Waals surface area contributed by atoms with E-state index < -0.39 is 8.72 Å². The number of hydrogen-bond acceptors (Lipinski definition) is 3. The van der Waals surface area contributed by atoms with Crippen LogP contribution in [-0.2, 0) is 13.6 Å². The highest BCUT2D eigenvalue weighted by molar-refractivity contribution is 6.65. The minimum Gasteiger partial charge on any atom is -0.379 e. The van der Waals surface area contributed by atoms with Crippen LogP contribution in [0.4, 0.5) is 0 Å². The van der Waals surface area contributed by atoms with Crippen molar-refractivity contribution in [1.82, 2.24) is 4.98 Å². The standard InChI is InChI=1S/C6H15NO3Si/c1-4-9-11(3,7-6-8)10-5-2/h6H,4-5H2,1-3H3,(H,7,8). The van der Waals surface area contributed by atoms with Crippen LogP contribution in [0.1, 0.15) is 13.8 Å². The summed E-state index contributed by atoms with van der Waals surface area (Å²) in [4.78, 5) is 12.7. The molecule has 1 amide bonds. The summed E-state index contributed by atoms with van der Waals surface area (Å²) >= 11 is 0. The average Bonchev–Trinajstić information content (AvgIpc) is 1.88. The molecule has 1 N–H and O–H groups in total. The fourth-order valence-electron chi connectivity index (χ4n) is 0.783. The van der Waals surface area contributed by atoms with Crippen molar-refractivity contribution in [3.63, 3.8) is 0 Å². The second-order valence-electron chi connectivity index (χ2n) is 2.07. The summed E-state index contributed by atoms with van der Waals surface area (Å²) in [6, 6.07) is 0.